The van der Waals surface area contributed by atoms with E-state index in [2.05, 4.69) is 29.3 Å². The summed E-state index contributed by atoms with van der Waals surface area (Å²) < 4.78 is 8.05. The molecule has 94 valence electrons. The predicted molar refractivity (Wildman–Crippen MR) is 68.1 cm³/mol. The number of rotatable bonds is 3. The van der Waals surface area contributed by atoms with Crippen LogP contribution in [0, 0.1) is 0 Å². The van der Waals surface area contributed by atoms with Crippen molar-refractivity contribution in [1.82, 2.24) is 9.88 Å². The Balaban J connectivity index is 1.75. The highest BCUT2D eigenvalue weighted by atomic mass is 16.5. The van der Waals surface area contributed by atoms with E-state index in [1.165, 1.54) is 43.2 Å². The number of nitrogens with one attached hydrogen (secondary N) is 1. The molecule has 0 radical (unpaired) electrons. The molecule has 1 N–H and O–H groups in total. The summed E-state index contributed by atoms with van der Waals surface area (Å²) >= 11 is 0. The highest BCUT2D eigenvalue weighted by molar-refractivity contribution is 5.30. The highest BCUT2D eigenvalue weighted by Gasteiger charge is 2.22. The lowest BCUT2D eigenvalue weighted by Gasteiger charge is -2.21. The first-order valence-electron chi connectivity index (χ1n) is 6.84. The lowest BCUT2D eigenvalue weighted by molar-refractivity contribution is 0.0970. The fraction of sp³-hybridized carbons (Fsp3) is 0.714. The van der Waals surface area contributed by atoms with E-state index in [0.29, 0.717) is 12.1 Å². The van der Waals surface area contributed by atoms with Crippen LogP contribution in [-0.4, -0.2) is 24.3 Å². The molecule has 3 rings (SSSR count). The molecule has 0 spiro atoms. The second-order valence-corrected chi connectivity index (χ2v) is 5.30. The van der Waals surface area contributed by atoms with Crippen LogP contribution in [0.3, 0.4) is 0 Å². The molecule has 0 saturated carbocycles. The molecule has 0 amide bonds. The molecule has 1 aliphatic carbocycles. The van der Waals surface area contributed by atoms with Crippen molar-refractivity contribution in [2.75, 3.05) is 13.7 Å². The third kappa shape index (κ3) is 2.26. The summed E-state index contributed by atoms with van der Waals surface area (Å²) in [7, 11) is 2.07. The summed E-state index contributed by atoms with van der Waals surface area (Å²) in [5.74, 6) is 0. The smallest absolute Gasteiger partial charge is 0.0754 e. The van der Waals surface area contributed by atoms with E-state index in [1.54, 1.807) is 0 Å². The zero-order valence-electron chi connectivity index (χ0n) is 10.6. The minimum atomic E-state index is 0.442. The van der Waals surface area contributed by atoms with E-state index in [9.17, 15) is 0 Å². The van der Waals surface area contributed by atoms with Gasteiger partial charge in [-0.1, -0.05) is 0 Å². The Labute approximate surface area is 103 Å². The van der Waals surface area contributed by atoms with Gasteiger partial charge in [0.25, 0.3) is 0 Å². The molecule has 2 aliphatic rings. The maximum Gasteiger partial charge on any atom is 0.0754 e. The zero-order valence-corrected chi connectivity index (χ0v) is 10.6. The molecule has 1 aromatic heterocycles. The first-order valence-corrected chi connectivity index (χ1v) is 6.84. The third-order valence-electron chi connectivity index (χ3n) is 4.10. The molecule has 2 unspecified atom stereocenters. The van der Waals surface area contributed by atoms with Crippen molar-refractivity contribution in [3.8, 4) is 0 Å². The second-order valence-electron chi connectivity index (χ2n) is 5.30. The molecule has 0 bridgehead atoms. The topological polar surface area (TPSA) is 26.2 Å². The van der Waals surface area contributed by atoms with Crippen LogP contribution in [-0.2, 0) is 17.7 Å². The quantitative estimate of drug-likeness (QED) is 0.868. The molecule has 1 fully saturated rings. The first kappa shape index (κ1) is 11.3. The van der Waals surface area contributed by atoms with Crippen molar-refractivity contribution in [3.05, 3.63) is 23.5 Å². The fourth-order valence-electron chi connectivity index (χ4n) is 3.18. The standard InChI is InChI=1S/C14H22N2O/c1-15-14-6-2-4-11-8-16(10-13(11)14)9-12-5-3-7-17-12/h8,10,12,14-15H,2-7,9H2,1H3. The first-order chi connectivity index (χ1) is 8.36. The minimum Gasteiger partial charge on any atom is -0.376 e. The van der Waals surface area contributed by atoms with E-state index < -0.39 is 0 Å². The Bertz CT molecular complexity index is 380. The fourth-order valence-corrected chi connectivity index (χ4v) is 3.18. The van der Waals surface area contributed by atoms with Crippen LogP contribution >= 0.6 is 0 Å². The van der Waals surface area contributed by atoms with Gasteiger partial charge >= 0.3 is 0 Å². The number of hydrogen-bond donors (Lipinski definition) is 1. The summed E-state index contributed by atoms with van der Waals surface area (Å²) in [5, 5.41) is 3.42. The van der Waals surface area contributed by atoms with Gasteiger partial charge < -0.3 is 14.6 Å². The number of fused-ring (bicyclic) bond motifs is 1. The normalized spacial score (nSPS) is 28.3. The van der Waals surface area contributed by atoms with E-state index in [1.807, 2.05) is 0 Å². The largest absolute Gasteiger partial charge is 0.376 e. The number of hydrogen-bond acceptors (Lipinski definition) is 2. The van der Waals surface area contributed by atoms with Gasteiger partial charge in [0.15, 0.2) is 0 Å². The Morgan fingerprint density at radius 3 is 3.06 bits per heavy atom. The molecular weight excluding hydrogens is 212 g/mol. The van der Waals surface area contributed by atoms with Crippen LogP contribution in [0.5, 0.6) is 0 Å². The van der Waals surface area contributed by atoms with Gasteiger partial charge in [0.1, 0.15) is 0 Å². The van der Waals surface area contributed by atoms with Crippen LogP contribution < -0.4 is 5.32 Å². The van der Waals surface area contributed by atoms with E-state index >= 15 is 0 Å². The van der Waals surface area contributed by atoms with Gasteiger partial charge in [-0.3, -0.25) is 0 Å². The average molecular weight is 234 g/mol. The summed E-state index contributed by atoms with van der Waals surface area (Å²) in [6.07, 6.45) is 11.4. The van der Waals surface area contributed by atoms with Crippen LogP contribution in [0.4, 0.5) is 0 Å². The zero-order chi connectivity index (χ0) is 11.7. The Morgan fingerprint density at radius 1 is 1.35 bits per heavy atom. The third-order valence-corrected chi connectivity index (χ3v) is 4.10. The molecule has 1 saturated heterocycles. The molecule has 17 heavy (non-hydrogen) atoms. The Morgan fingerprint density at radius 2 is 2.29 bits per heavy atom. The Kier molecular flexibility index (Phi) is 3.21. The van der Waals surface area contributed by atoms with Crippen LogP contribution in [0.1, 0.15) is 42.9 Å². The van der Waals surface area contributed by atoms with Crippen molar-refractivity contribution in [3.63, 3.8) is 0 Å². The van der Waals surface area contributed by atoms with Crippen molar-refractivity contribution >= 4 is 0 Å². The SMILES string of the molecule is CNC1CCCc2cn(CC3CCCO3)cc21. The predicted octanol–water partition coefficient (Wildman–Crippen LogP) is 2.26. The maximum atomic E-state index is 5.71. The number of ether oxygens (including phenoxy) is 1. The Hall–Kier alpha value is -0.800. The van der Waals surface area contributed by atoms with Crippen molar-refractivity contribution in [2.24, 2.45) is 0 Å². The summed E-state index contributed by atoms with van der Waals surface area (Å²) in [6.45, 7) is 1.98. The van der Waals surface area contributed by atoms with Crippen LogP contribution in [0.15, 0.2) is 12.4 Å². The van der Waals surface area contributed by atoms with Gasteiger partial charge in [-0.05, 0) is 50.3 Å². The highest BCUT2D eigenvalue weighted by Crippen LogP contribution is 2.30. The van der Waals surface area contributed by atoms with Gasteiger partial charge in [-0.15, -0.1) is 0 Å². The molecule has 2 atom stereocenters. The maximum absolute atomic E-state index is 5.71. The van der Waals surface area contributed by atoms with E-state index in [0.717, 1.165) is 13.2 Å². The van der Waals surface area contributed by atoms with Crippen molar-refractivity contribution in [1.29, 1.82) is 0 Å². The molecular formula is C14H22N2O. The van der Waals surface area contributed by atoms with Gasteiger partial charge in [-0.25, -0.2) is 0 Å². The number of aromatic nitrogens is 1. The van der Waals surface area contributed by atoms with Gasteiger partial charge in [0, 0.05) is 31.6 Å². The summed E-state index contributed by atoms with van der Waals surface area (Å²) in [4.78, 5) is 0. The van der Waals surface area contributed by atoms with Crippen molar-refractivity contribution < 1.29 is 4.74 Å². The van der Waals surface area contributed by atoms with Gasteiger partial charge in [0.05, 0.1) is 6.10 Å². The molecule has 1 aliphatic heterocycles. The molecule has 1 aromatic rings. The average Bonchev–Trinajstić information content (AvgIpc) is 2.97. The summed E-state index contributed by atoms with van der Waals surface area (Å²) in [5.41, 5.74) is 3.05. The number of nitrogens with zero attached hydrogens (tertiary/aromatic N) is 1. The molecule has 3 heteroatoms. The van der Waals surface area contributed by atoms with Crippen LogP contribution in [0.2, 0.25) is 0 Å². The van der Waals surface area contributed by atoms with Gasteiger partial charge in [0.2, 0.25) is 0 Å². The van der Waals surface area contributed by atoms with Crippen LogP contribution in [0.25, 0.3) is 0 Å². The molecule has 3 nitrogen and oxygen atoms in total. The summed E-state index contributed by atoms with van der Waals surface area (Å²) in [6, 6.07) is 0.560. The second kappa shape index (κ2) is 4.83. The molecule has 0 aromatic carbocycles. The van der Waals surface area contributed by atoms with Crippen molar-refractivity contribution in [2.45, 2.75) is 50.8 Å². The number of aryl methyl sites for hydroxylation is 1. The monoisotopic (exact) mass is 234 g/mol. The lowest BCUT2D eigenvalue weighted by atomic mass is 9.91. The molecule has 2 heterocycles. The minimum absolute atomic E-state index is 0.442. The van der Waals surface area contributed by atoms with E-state index in [4.69, 9.17) is 4.74 Å². The van der Waals surface area contributed by atoms with E-state index in [-0.39, 0.29) is 0 Å². The lowest BCUT2D eigenvalue weighted by Crippen LogP contribution is -2.20. The van der Waals surface area contributed by atoms with Gasteiger partial charge in [-0.2, -0.15) is 0 Å².